The summed E-state index contributed by atoms with van der Waals surface area (Å²) in [4.78, 5) is 16.3. The van der Waals surface area contributed by atoms with Gasteiger partial charge in [0.25, 0.3) is 0 Å². The monoisotopic (exact) mass is 352 g/mol. The Bertz CT molecular complexity index is 573. The van der Waals surface area contributed by atoms with Crippen LogP contribution in [0, 0.1) is 11.2 Å². The smallest absolute Gasteiger partial charge is 0.227 e. The lowest BCUT2D eigenvalue weighted by atomic mass is 9.93. The quantitative estimate of drug-likeness (QED) is 0.494. The summed E-state index contributed by atoms with van der Waals surface area (Å²) in [5.74, 6) is 0.881. The van der Waals surface area contributed by atoms with Gasteiger partial charge in [-0.25, -0.2) is 4.39 Å². The van der Waals surface area contributed by atoms with Crippen LogP contribution in [0.5, 0.6) is 5.75 Å². The number of guanidine groups is 1. The summed E-state index contributed by atoms with van der Waals surface area (Å²) in [6.45, 7) is 9.16. The highest BCUT2D eigenvalue weighted by Gasteiger charge is 2.26. The molecule has 25 heavy (non-hydrogen) atoms. The van der Waals surface area contributed by atoms with Crippen LogP contribution in [0.4, 0.5) is 4.39 Å². The number of ether oxygens (including phenoxy) is 1. The summed E-state index contributed by atoms with van der Waals surface area (Å²) >= 11 is 0. The highest BCUT2D eigenvalue weighted by molar-refractivity contribution is 5.83. The highest BCUT2D eigenvalue weighted by Crippen LogP contribution is 2.15. The number of carbonyl (C=O) groups excluding carboxylic acids is 1. The summed E-state index contributed by atoms with van der Waals surface area (Å²) in [6, 6.07) is 5.91. The second kappa shape index (κ2) is 9.86. The normalized spacial score (nSPS) is 13.1. The zero-order chi connectivity index (χ0) is 18.9. The average molecular weight is 352 g/mol. The predicted octanol–water partition coefficient (Wildman–Crippen LogP) is 1.92. The van der Waals surface area contributed by atoms with Crippen molar-refractivity contribution in [2.24, 2.45) is 10.4 Å². The number of hydrogen-bond acceptors (Lipinski definition) is 3. The van der Waals surface area contributed by atoms with E-state index in [1.165, 1.54) is 12.1 Å². The van der Waals surface area contributed by atoms with Crippen LogP contribution in [0.1, 0.15) is 27.7 Å². The van der Waals surface area contributed by atoms with Crippen LogP contribution >= 0.6 is 0 Å². The lowest BCUT2D eigenvalue weighted by molar-refractivity contribution is -0.128. The summed E-state index contributed by atoms with van der Waals surface area (Å²) in [6.07, 6.45) is -0.138. The molecule has 1 aromatic carbocycles. The van der Waals surface area contributed by atoms with Gasteiger partial charge in [0.05, 0.1) is 18.5 Å². The number of nitrogens with zero attached hydrogens (tertiary/aromatic N) is 1. The molecule has 0 saturated heterocycles. The van der Waals surface area contributed by atoms with Crippen LogP contribution in [0.25, 0.3) is 0 Å². The minimum Gasteiger partial charge on any atom is -0.489 e. The third-order valence-corrected chi connectivity index (χ3v) is 3.53. The first-order valence-electron chi connectivity index (χ1n) is 8.45. The largest absolute Gasteiger partial charge is 0.489 e. The Morgan fingerprint density at radius 3 is 2.48 bits per heavy atom. The van der Waals surface area contributed by atoms with Crippen LogP contribution in [0.2, 0.25) is 0 Å². The predicted molar refractivity (Wildman–Crippen MR) is 98.3 cm³/mol. The molecule has 1 unspecified atom stereocenters. The van der Waals surface area contributed by atoms with Gasteiger partial charge in [-0.3, -0.25) is 9.79 Å². The maximum Gasteiger partial charge on any atom is 0.227 e. The van der Waals surface area contributed by atoms with Crippen molar-refractivity contribution in [3.63, 3.8) is 0 Å². The van der Waals surface area contributed by atoms with Gasteiger partial charge >= 0.3 is 0 Å². The average Bonchev–Trinajstić information content (AvgIpc) is 2.58. The molecule has 6 nitrogen and oxygen atoms in total. The van der Waals surface area contributed by atoms with Gasteiger partial charge in [-0.05, 0) is 52.0 Å². The third kappa shape index (κ3) is 7.41. The van der Waals surface area contributed by atoms with Crippen molar-refractivity contribution in [3.05, 3.63) is 30.1 Å². The fourth-order valence-electron chi connectivity index (χ4n) is 2.06. The van der Waals surface area contributed by atoms with E-state index in [0.717, 1.165) is 0 Å². The number of hydrogen-bond donors (Lipinski definition) is 3. The van der Waals surface area contributed by atoms with Crippen LogP contribution < -0.4 is 20.7 Å². The van der Waals surface area contributed by atoms with E-state index in [0.29, 0.717) is 31.3 Å². The van der Waals surface area contributed by atoms with Crippen molar-refractivity contribution in [1.82, 2.24) is 16.0 Å². The maximum atomic E-state index is 12.9. The molecule has 7 heteroatoms. The molecule has 0 aliphatic heterocycles. The zero-order valence-corrected chi connectivity index (χ0v) is 15.6. The Labute approximate surface area is 149 Å². The first-order valence-corrected chi connectivity index (χ1v) is 8.45. The fourth-order valence-corrected chi connectivity index (χ4v) is 2.06. The molecule has 1 atom stereocenters. The molecule has 0 fully saturated rings. The molecule has 0 radical (unpaired) electrons. The second-order valence-corrected chi connectivity index (χ2v) is 6.42. The molecule has 3 N–H and O–H groups in total. The first kappa shape index (κ1) is 20.7. The Morgan fingerprint density at radius 2 is 1.92 bits per heavy atom. The minimum absolute atomic E-state index is 0.0555. The van der Waals surface area contributed by atoms with Gasteiger partial charge in [0, 0.05) is 13.6 Å². The lowest BCUT2D eigenvalue weighted by Gasteiger charge is -2.22. The number of halogens is 1. The fraction of sp³-hybridized carbons (Fsp3) is 0.556. The van der Waals surface area contributed by atoms with Crippen LogP contribution in [-0.2, 0) is 4.79 Å². The van der Waals surface area contributed by atoms with Crippen LogP contribution in [-0.4, -0.2) is 44.7 Å². The van der Waals surface area contributed by atoms with Gasteiger partial charge in [0.1, 0.15) is 17.7 Å². The molecule has 1 aromatic rings. The molecule has 0 aliphatic carbocycles. The van der Waals surface area contributed by atoms with E-state index in [1.54, 1.807) is 19.2 Å². The molecule has 0 aliphatic rings. The second-order valence-electron chi connectivity index (χ2n) is 6.42. The Hall–Kier alpha value is -2.31. The SMILES string of the molecule is CCNC(=NCC(C)(C)C(=O)NC)NCC(C)Oc1ccc(F)cc1. The molecule has 0 aromatic heterocycles. The molecule has 0 spiro atoms. The number of aliphatic imine (C=N–C) groups is 1. The van der Waals surface area contributed by atoms with E-state index < -0.39 is 5.41 Å². The third-order valence-electron chi connectivity index (χ3n) is 3.53. The number of carbonyl (C=O) groups is 1. The van der Waals surface area contributed by atoms with Crippen molar-refractivity contribution in [2.75, 3.05) is 26.7 Å². The maximum absolute atomic E-state index is 12.9. The van der Waals surface area contributed by atoms with Gasteiger partial charge in [-0.15, -0.1) is 0 Å². The van der Waals surface area contributed by atoms with Crippen molar-refractivity contribution < 1.29 is 13.9 Å². The summed E-state index contributed by atoms with van der Waals surface area (Å²) in [7, 11) is 1.62. The van der Waals surface area contributed by atoms with Crippen molar-refractivity contribution in [1.29, 1.82) is 0 Å². The number of rotatable bonds is 8. The standard InChI is InChI=1S/C18H29FN4O2/c1-6-21-17(23-12-18(3,4)16(24)20-5)22-11-13(2)25-15-9-7-14(19)8-10-15/h7-10,13H,6,11-12H2,1-5H3,(H,20,24)(H2,21,22,23). The van der Waals surface area contributed by atoms with Crippen LogP contribution in [0.15, 0.2) is 29.3 Å². The topological polar surface area (TPSA) is 74.8 Å². The van der Waals surface area contributed by atoms with E-state index in [4.69, 9.17) is 4.74 Å². The minimum atomic E-state index is -0.590. The van der Waals surface area contributed by atoms with E-state index in [1.807, 2.05) is 27.7 Å². The molecular formula is C18H29FN4O2. The van der Waals surface area contributed by atoms with Gasteiger partial charge < -0.3 is 20.7 Å². The highest BCUT2D eigenvalue weighted by atomic mass is 19.1. The number of benzene rings is 1. The molecule has 1 amide bonds. The Balaban J connectivity index is 2.57. The van der Waals surface area contributed by atoms with Gasteiger partial charge in [-0.1, -0.05) is 0 Å². The number of amides is 1. The van der Waals surface area contributed by atoms with Gasteiger partial charge in [-0.2, -0.15) is 0 Å². The number of nitrogens with one attached hydrogen (secondary N) is 3. The van der Waals surface area contributed by atoms with E-state index in [2.05, 4.69) is 20.9 Å². The van der Waals surface area contributed by atoms with E-state index in [-0.39, 0.29) is 17.8 Å². The van der Waals surface area contributed by atoms with Gasteiger partial charge in [0.15, 0.2) is 5.96 Å². The Morgan fingerprint density at radius 1 is 1.28 bits per heavy atom. The summed E-state index contributed by atoms with van der Waals surface area (Å²) in [5, 5.41) is 8.98. The van der Waals surface area contributed by atoms with E-state index >= 15 is 0 Å². The van der Waals surface area contributed by atoms with Crippen molar-refractivity contribution >= 4 is 11.9 Å². The van der Waals surface area contributed by atoms with Gasteiger partial charge in [0.2, 0.25) is 5.91 Å². The Kier molecular flexibility index (Phi) is 8.18. The first-order chi connectivity index (χ1) is 11.8. The molecule has 140 valence electrons. The summed E-state index contributed by atoms with van der Waals surface area (Å²) in [5.41, 5.74) is -0.590. The molecular weight excluding hydrogens is 323 g/mol. The van der Waals surface area contributed by atoms with E-state index in [9.17, 15) is 9.18 Å². The van der Waals surface area contributed by atoms with Crippen LogP contribution in [0.3, 0.4) is 0 Å². The molecule has 1 rings (SSSR count). The molecule has 0 saturated carbocycles. The molecule has 0 bridgehead atoms. The molecule has 0 heterocycles. The van der Waals surface area contributed by atoms with Crippen molar-refractivity contribution in [3.8, 4) is 5.75 Å². The van der Waals surface area contributed by atoms with Crippen molar-refractivity contribution in [2.45, 2.75) is 33.8 Å². The zero-order valence-electron chi connectivity index (χ0n) is 15.6. The lowest BCUT2D eigenvalue weighted by Crippen LogP contribution is -2.43. The summed E-state index contributed by atoms with van der Waals surface area (Å²) < 4.78 is 18.6.